The SMILES string of the molecule is CNC(=O)c1cc2nc(-c3cc4c(=O)[nH]ccc4o3)n(Cc3ccccc3OCCN(C)C)c2cc1Cl. The molecular formula is C27H26ClN5O4. The van der Waals surface area contributed by atoms with Crippen molar-refractivity contribution in [2.75, 3.05) is 34.3 Å². The van der Waals surface area contributed by atoms with Crippen LogP contribution in [0.25, 0.3) is 33.6 Å². The first kappa shape index (κ1) is 24.6. The van der Waals surface area contributed by atoms with Gasteiger partial charge < -0.3 is 28.9 Å². The van der Waals surface area contributed by atoms with Gasteiger partial charge in [0.2, 0.25) is 0 Å². The standard InChI is InChI=1S/C27H26ClN5O4/c1-29-26(34)17-12-20-21(14-19(17)28)33(15-16-6-4-5-7-22(16)36-11-10-32(2)3)25(31-20)24-13-18-23(37-24)8-9-30-27(18)35/h4-9,12-14H,10-11,15H2,1-3H3,(H,29,34)(H,30,35). The van der Waals surface area contributed by atoms with Gasteiger partial charge in [-0.05, 0) is 38.4 Å². The minimum absolute atomic E-state index is 0.250. The number of fused-ring (bicyclic) bond motifs is 2. The lowest BCUT2D eigenvalue weighted by Crippen LogP contribution is -2.20. The van der Waals surface area contributed by atoms with Gasteiger partial charge in [0.15, 0.2) is 11.6 Å². The maximum atomic E-state index is 12.4. The minimum Gasteiger partial charge on any atom is -0.492 e. The molecule has 2 aromatic carbocycles. The number of furan rings is 1. The van der Waals surface area contributed by atoms with Crippen molar-refractivity contribution in [1.82, 2.24) is 24.8 Å². The number of carbonyl (C=O) groups is 1. The number of nitrogens with zero attached hydrogens (tertiary/aromatic N) is 3. The number of aromatic amines is 1. The van der Waals surface area contributed by atoms with E-state index in [1.54, 1.807) is 31.3 Å². The smallest absolute Gasteiger partial charge is 0.259 e. The van der Waals surface area contributed by atoms with Crippen LogP contribution in [0.2, 0.25) is 5.02 Å². The number of nitrogens with one attached hydrogen (secondary N) is 2. The van der Waals surface area contributed by atoms with Gasteiger partial charge in [-0.15, -0.1) is 0 Å². The number of rotatable bonds is 8. The number of likely N-dealkylation sites (N-methyl/N-ethyl adjacent to an activating group) is 1. The van der Waals surface area contributed by atoms with E-state index in [2.05, 4.69) is 15.2 Å². The molecule has 2 N–H and O–H groups in total. The highest BCUT2D eigenvalue weighted by Crippen LogP contribution is 2.33. The summed E-state index contributed by atoms with van der Waals surface area (Å²) < 4.78 is 14.1. The van der Waals surface area contributed by atoms with E-state index in [9.17, 15) is 9.59 Å². The van der Waals surface area contributed by atoms with Gasteiger partial charge in [-0.3, -0.25) is 9.59 Å². The molecule has 5 aromatic rings. The summed E-state index contributed by atoms with van der Waals surface area (Å²) in [6.07, 6.45) is 1.54. The van der Waals surface area contributed by atoms with Gasteiger partial charge >= 0.3 is 0 Å². The molecule has 0 saturated carbocycles. The molecule has 3 aromatic heterocycles. The second kappa shape index (κ2) is 10.1. The molecule has 37 heavy (non-hydrogen) atoms. The lowest BCUT2D eigenvalue weighted by atomic mass is 10.1. The van der Waals surface area contributed by atoms with E-state index < -0.39 is 0 Å². The first-order valence-corrected chi connectivity index (χ1v) is 12.1. The maximum Gasteiger partial charge on any atom is 0.259 e. The Morgan fingerprint density at radius 2 is 2.03 bits per heavy atom. The van der Waals surface area contributed by atoms with Crippen LogP contribution in [0.15, 0.2) is 63.9 Å². The van der Waals surface area contributed by atoms with Crippen LogP contribution >= 0.6 is 11.6 Å². The van der Waals surface area contributed by atoms with Crippen molar-refractivity contribution < 1.29 is 13.9 Å². The van der Waals surface area contributed by atoms with Crippen LogP contribution in [0.4, 0.5) is 0 Å². The fourth-order valence-electron chi connectivity index (χ4n) is 4.17. The van der Waals surface area contributed by atoms with E-state index in [1.807, 2.05) is 42.9 Å². The molecule has 1 amide bonds. The summed E-state index contributed by atoms with van der Waals surface area (Å²) in [4.78, 5) is 34.2. The number of imidazole rings is 1. The molecule has 5 rings (SSSR count). The van der Waals surface area contributed by atoms with Gasteiger partial charge in [-0.2, -0.15) is 0 Å². The Morgan fingerprint density at radius 1 is 1.22 bits per heavy atom. The number of hydrogen-bond donors (Lipinski definition) is 2. The third kappa shape index (κ3) is 4.83. The normalized spacial score (nSPS) is 11.5. The summed E-state index contributed by atoms with van der Waals surface area (Å²) in [6.45, 7) is 1.71. The third-order valence-corrected chi connectivity index (χ3v) is 6.39. The number of benzene rings is 2. The first-order chi connectivity index (χ1) is 17.9. The lowest BCUT2D eigenvalue weighted by Gasteiger charge is -2.15. The number of pyridine rings is 1. The van der Waals surface area contributed by atoms with Crippen molar-refractivity contribution in [3.05, 3.63) is 81.2 Å². The summed E-state index contributed by atoms with van der Waals surface area (Å²) in [6, 6.07) is 14.6. The average Bonchev–Trinajstić information content (AvgIpc) is 3.46. The number of halogens is 1. The molecule has 190 valence electrons. The van der Waals surface area contributed by atoms with Crippen LogP contribution in [0.3, 0.4) is 0 Å². The van der Waals surface area contributed by atoms with Crippen LogP contribution in [0.1, 0.15) is 15.9 Å². The van der Waals surface area contributed by atoms with Gasteiger partial charge in [0.05, 0.1) is 33.6 Å². The number of H-pyrrole nitrogens is 1. The van der Waals surface area contributed by atoms with Gasteiger partial charge in [0.25, 0.3) is 11.5 Å². The number of aromatic nitrogens is 3. The molecule has 0 unspecified atom stereocenters. The molecule has 0 bridgehead atoms. The fourth-order valence-corrected chi connectivity index (χ4v) is 4.42. The predicted molar refractivity (Wildman–Crippen MR) is 144 cm³/mol. The summed E-state index contributed by atoms with van der Waals surface area (Å²) >= 11 is 6.52. The lowest BCUT2D eigenvalue weighted by molar-refractivity contribution is 0.0963. The van der Waals surface area contributed by atoms with Crippen molar-refractivity contribution >= 4 is 39.5 Å². The fraction of sp³-hybridized carbons (Fsp3) is 0.222. The largest absolute Gasteiger partial charge is 0.492 e. The van der Waals surface area contributed by atoms with E-state index in [4.69, 9.17) is 25.7 Å². The third-order valence-electron chi connectivity index (χ3n) is 6.08. The van der Waals surface area contributed by atoms with Gasteiger partial charge in [-0.25, -0.2) is 4.98 Å². The Labute approximate surface area is 217 Å². The Kier molecular flexibility index (Phi) is 6.73. The van der Waals surface area contributed by atoms with Gasteiger partial charge in [-0.1, -0.05) is 29.8 Å². The van der Waals surface area contributed by atoms with Crippen molar-refractivity contribution in [2.45, 2.75) is 6.54 Å². The minimum atomic E-state index is -0.307. The second-order valence-corrected chi connectivity index (χ2v) is 9.28. The molecule has 10 heteroatoms. The van der Waals surface area contributed by atoms with E-state index in [1.165, 1.54) is 6.20 Å². The topological polar surface area (TPSA) is 105 Å². The summed E-state index contributed by atoms with van der Waals surface area (Å²) in [5.74, 6) is 1.37. The number of para-hydroxylation sites is 1. The molecule has 0 atom stereocenters. The van der Waals surface area contributed by atoms with Crippen LogP contribution in [0, 0.1) is 0 Å². The van der Waals surface area contributed by atoms with Crippen molar-refractivity contribution in [3.63, 3.8) is 0 Å². The molecule has 0 aliphatic rings. The number of ether oxygens (including phenoxy) is 1. The molecule has 0 spiro atoms. The number of amides is 1. The summed E-state index contributed by atoms with van der Waals surface area (Å²) in [5, 5.41) is 3.33. The number of hydrogen-bond acceptors (Lipinski definition) is 6. The molecule has 0 aliphatic heterocycles. The molecule has 0 aliphatic carbocycles. The monoisotopic (exact) mass is 519 g/mol. The Hall–Kier alpha value is -4.08. The van der Waals surface area contributed by atoms with Crippen LogP contribution in [-0.4, -0.2) is 59.6 Å². The van der Waals surface area contributed by atoms with Crippen LogP contribution in [-0.2, 0) is 6.54 Å². The maximum absolute atomic E-state index is 12.4. The molecule has 0 radical (unpaired) electrons. The zero-order chi connectivity index (χ0) is 26.1. The van der Waals surface area contributed by atoms with Crippen molar-refractivity contribution in [2.24, 2.45) is 0 Å². The quantitative estimate of drug-likeness (QED) is 0.319. The zero-order valence-corrected chi connectivity index (χ0v) is 21.4. The highest BCUT2D eigenvalue weighted by atomic mass is 35.5. The Balaban J connectivity index is 1.66. The summed E-state index contributed by atoms with van der Waals surface area (Å²) in [7, 11) is 5.54. The summed E-state index contributed by atoms with van der Waals surface area (Å²) in [5.41, 5.74) is 2.74. The van der Waals surface area contributed by atoms with E-state index in [0.29, 0.717) is 57.3 Å². The highest BCUT2D eigenvalue weighted by Gasteiger charge is 2.21. The highest BCUT2D eigenvalue weighted by molar-refractivity contribution is 6.34. The number of carbonyl (C=O) groups excluding carboxylic acids is 1. The molecular weight excluding hydrogens is 494 g/mol. The zero-order valence-electron chi connectivity index (χ0n) is 20.7. The van der Waals surface area contributed by atoms with Crippen molar-refractivity contribution in [1.29, 1.82) is 0 Å². The van der Waals surface area contributed by atoms with E-state index in [-0.39, 0.29) is 11.5 Å². The second-order valence-electron chi connectivity index (χ2n) is 8.88. The average molecular weight is 520 g/mol. The van der Waals surface area contributed by atoms with Gasteiger partial charge in [0.1, 0.15) is 17.9 Å². The van der Waals surface area contributed by atoms with Crippen molar-refractivity contribution in [3.8, 4) is 17.3 Å². The van der Waals surface area contributed by atoms with Gasteiger partial charge in [0, 0.05) is 31.4 Å². The van der Waals surface area contributed by atoms with Crippen LogP contribution in [0.5, 0.6) is 5.75 Å². The Morgan fingerprint density at radius 3 is 2.78 bits per heavy atom. The van der Waals surface area contributed by atoms with E-state index >= 15 is 0 Å². The molecule has 0 saturated heterocycles. The first-order valence-electron chi connectivity index (χ1n) is 11.7. The molecule has 3 heterocycles. The molecule has 9 nitrogen and oxygen atoms in total. The predicted octanol–water partition coefficient (Wildman–Crippen LogP) is 4.14. The Bertz CT molecular complexity index is 1670. The molecule has 0 fully saturated rings. The van der Waals surface area contributed by atoms with E-state index in [0.717, 1.165) is 17.9 Å². The van der Waals surface area contributed by atoms with Crippen LogP contribution < -0.4 is 15.6 Å².